The Morgan fingerprint density at radius 2 is 1.67 bits per heavy atom. The largest absolute Gasteiger partial charge is 0.0985 e. The third-order valence-electron chi connectivity index (χ3n) is 1.04. The van der Waals surface area contributed by atoms with Crippen LogP contribution in [0.4, 0.5) is 0 Å². The Kier molecular flexibility index (Phi) is 3.40. The maximum absolute atomic E-state index is 3.63. The minimum absolute atomic E-state index is 0. The van der Waals surface area contributed by atoms with Crippen molar-refractivity contribution in [2.45, 2.75) is 0 Å². The fourth-order valence-corrected chi connectivity index (χ4v) is 0.589. The molecule has 1 aromatic carbocycles. The monoisotopic (exact) mass is 118 g/mol. The van der Waals surface area contributed by atoms with Crippen molar-refractivity contribution in [2.24, 2.45) is 0 Å². The molecule has 1 aromatic rings. The molecule has 0 amide bonds. The summed E-state index contributed by atoms with van der Waals surface area (Å²) in [6, 6.07) is 10.0. The van der Waals surface area contributed by atoms with Crippen LogP contribution in [0.25, 0.3) is 6.08 Å². The molecule has 1 nitrogen and oxygen atoms in total. The zero-order valence-electron chi connectivity index (χ0n) is 5.12. The summed E-state index contributed by atoms with van der Waals surface area (Å²) in [7, 11) is 0. The van der Waals surface area contributed by atoms with Gasteiger partial charge in [-0.2, -0.15) is 0 Å². The zero-order chi connectivity index (χ0) is 5.82. The van der Waals surface area contributed by atoms with Gasteiger partial charge in [-0.3, -0.25) is 0 Å². The molecule has 0 heterocycles. The van der Waals surface area contributed by atoms with E-state index in [1.165, 1.54) is 5.56 Å². The third kappa shape index (κ3) is 2.11. The Labute approximate surface area is 55.6 Å². The normalized spacial score (nSPS) is 7.56. The second-order valence-corrected chi connectivity index (χ2v) is 1.61. The van der Waals surface area contributed by atoms with Crippen LogP contribution >= 0.6 is 0 Å². The van der Waals surface area contributed by atoms with Gasteiger partial charge in [0.2, 0.25) is 0 Å². The van der Waals surface area contributed by atoms with E-state index >= 15 is 0 Å². The summed E-state index contributed by atoms with van der Waals surface area (Å²) in [5.41, 5.74) is 1.17. The molecule has 0 saturated heterocycles. The van der Waals surface area contributed by atoms with E-state index in [2.05, 4.69) is 6.58 Å². The lowest BCUT2D eigenvalue weighted by atomic mass is 10.2. The number of hydrogen-bond acceptors (Lipinski definition) is 0. The standard InChI is InChI=1S/C8H8.N/c1-2-8-6-4-3-5-7-8;/h2-7H,1H2;. The lowest BCUT2D eigenvalue weighted by molar-refractivity contribution is 1.67. The summed E-state index contributed by atoms with van der Waals surface area (Å²) >= 11 is 0. The second-order valence-electron chi connectivity index (χ2n) is 1.61. The van der Waals surface area contributed by atoms with Crippen molar-refractivity contribution >= 4 is 6.08 Å². The fourth-order valence-electron chi connectivity index (χ4n) is 0.589. The molecule has 0 N–H and O–H groups in total. The molecule has 0 unspecified atom stereocenters. The van der Waals surface area contributed by atoms with Gasteiger partial charge in [0.1, 0.15) is 0 Å². The summed E-state index contributed by atoms with van der Waals surface area (Å²) in [5.74, 6) is 0. The van der Waals surface area contributed by atoms with Crippen molar-refractivity contribution in [3.05, 3.63) is 42.5 Å². The van der Waals surface area contributed by atoms with Gasteiger partial charge < -0.3 is 0 Å². The topological polar surface area (TPSA) is 30.5 Å². The molecular formula is C8H8N. The highest BCUT2D eigenvalue weighted by molar-refractivity contribution is 5.45. The molecule has 0 atom stereocenters. The number of hydrogen-bond donors (Lipinski definition) is 0. The molecule has 0 aromatic heterocycles. The van der Waals surface area contributed by atoms with Crippen molar-refractivity contribution in [2.75, 3.05) is 0 Å². The smallest absolute Gasteiger partial charge is 0 e. The van der Waals surface area contributed by atoms with Crippen LogP contribution in [0.15, 0.2) is 36.9 Å². The van der Waals surface area contributed by atoms with E-state index in [-0.39, 0.29) is 6.15 Å². The highest BCUT2D eigenvalue weighted by atomic mass is 14.0. The molecule has 3 radical (unpaired) electrons. The van der Waals surface area contributed by atoms with E-state index in [1.54, 1.807) is 0 Å². The molecule has 45 valence electrons. The van der Waals surface area contributed by atoms with Gasteiger partial charge in [-0.25, -0.2) is 0 Å². The first kappa shape index (κ1) is 7.92. The molecule has 1 heteroatoms. The molecule has 0 fully saturated rings. The predicted molar refractivity (Wildman–Crippen MR) is 38.7 cm³/mol. The van der Waals surface area contributed by atoms with Crippen LogP contribution < -0.4 is 6.15 Å². The molecule has 0 bridgehead atoms. The van der Waals surface area contributed by atoms with Crippen molar-refractivity contribution in [1.82, 2.24) is 6.15 Å². The Hall–Kier alpha value is -1.08. The Bertz CT molecular complexity index is 167. The Morgan fingerprint density at radius 1 is 1.11 bits per heavy atom. The first-order valence-corrected chi connectivity index (χ1v) is 2.61. The van der Waals surface area contributed by atoms with Gasteiger partial charge in [0.15, 0.2) is 0 Å². The average molecular weight is 118 g/mol. The van der Waals surface area contributed by atoms with Gasteiger partial charge in [0, 0.05) is 6.15 Å². The van der Waals surface area contributed by atoms with Gasteiger partial charge in [-0.1, -0.05) is 43.0 Å². The lowest BCUT2D eigenvalue weighted by Crippen LogP contribution is -1.63. The van der Waals surface area contributed by atoms with Crippen LogP contribution in [-0.2, 0) is 0 Å². The molecule has 0 aliphatic carbocycles. The van der Waals surface area contributed by atoms with Crippen LogP contribution in [0.3, 0.4) is 0 Å². The van der Waals surface area contributed by atoms with E-state index in [0.717, 1.165) is 0 Å². The summed E-state index contributed by atoms with van der Waals surface area (Å²) in [4.78, 5) is 0. The van der Waals surface area contributed by atoms with Gasteiger partial charge in [-0.15, -0.1) is 0 Å². The number of nitrogens with zero attached hydrogens (tertiary/aromatic N) is 1. The maximum Gasteiger partial charge on any atom is 0 e. The van der Waals surface area contributed by atoms with Gasteiger partial charge >= 0.3 is 0 Å². The fraction of sp³-hybridized carbons (Fsp3) is 0. The predicted octanol–water partition coefficient (Wildman–Crippen LogP) is 1.85. The summed E-state index contributed by atoms with van der Waals surface area (Å²) < 4.78 is 0. The van der Waals surface area contributed by atoms with E-state index in [1.807, 2.05) is 36.4 Å². The minimum atomic E-state index is 0. The molecule has 0 aliphatic heterocycles. The molecule has 0 saturated carbocycles. The average Bonchev–Trinajstić information content (AvgIpc) is 1.90. The van der Waals surface area contributed by atoms with Crippen LogP contribution in [0.2, 0.25) is 0 Å². The number of rotatable bonds is 1. The highest BCUT2D eigenvalue weighted by Crippen LogP contribution is 1.97. The maximum atomic E-state index is 3.63. The Morgan fingerprint density at radius 3 is 2.00 bits per heavy atom. The molecule has 1 rings (SSSR count). The van der Waals surface area contributed by atoms with Crippen molar-refractivity contribution in [3.63, 3.8) is 0 Å². The van der Waals surface area contributed by atoms with Crippen molar-refractivity contribution < 1.29 is 0 Å². The molecule has 0 spiro atoms. The van der Waals surface area contributed by atoms with Crippen LogP contribution in [-0.4, -0.2) is 0 Å². The molecular weight excluding hydrogens is 110 g/mol. The number of benzene rings is 1. The zero-order valence-corrected chi connectivity index (χ0v) is 5.12. The van der Waals surface area contributed by atoms with Gasteiger partial charge in [0.25, 0.3) is 0 Å². The lowest BCUT2D eigenvalue weighted by Gasteiger charge is -1.85. The summed E-state index contributed by atoms with van der Waals surface area (Å²) in [5, 5.41) is 0. The van der Waals surface area contributed by atoms with Crippen LogP contribution in [0, 0.1) is 0 Å². The summed E-state index contributed by atoms with van der Waals surface area (Å²) in [6.45, 7) is 3.63. The van der Waals surface area contributed by atoms with Crippen molar-refractivity contribution in [3.8, 4) is 0 Å². The third-order valence-corrected chi connectivity index (χ3v) is 1.04. The van der Waals surface area contributed by atoms with E-state index < -0.39 is 0 Å². The van der Waals surface area contributed by atoms with E-state index in [9.17, 15) is 0 Å². The van der Waals surface area contributed by atoms with Crippen molar-refractivity contribution in [1.29, 1.82) is 0 Å². The van der Waals surface area contributed by atoms with E-state index in [0.29, 0.717) is 0 Å². The van der Waals surface area contributed by atoms with Crippen LogP contribution in [0.1, 0.15) is 5.56 Å². The summed E-state index contributed by atoms with van der Waals surface area (Å²) in [6.07, 6.45) is 1.83. The van der Waals surface area contributed by atoms with Crippen LogP contribution in [0.5, 0.6) is 0 Å². The molecule has 9 heavy (non-hydrogen) atoms. The SMILES string of the molecule is C=Cc1ccccc1.[N]. The highest BCUT2D eigenvalue weighted by Gasteiger charge is 1.75. The van der Waals surface area contributed by atoms with Gasteiger partial charge in [-0.05, 0) is 5.56 Å². The first-order chi connectivity index (χ1) is 3.93. The van der Waals surface area contributed by atoms with Gasteiger partial charge in [0.05, 0.1) is 0 Å². The quantitative estimate of drug-likeness (QED) is 0.538. The van der Waals surface area contributed by atoms with E-state index in [4.69, 9.17) is 0 Å². The Balaban J connectivity index is 0.000000640. The second kappa shape index (κ2) is 3.87. The minimum Gasteiger partial charge on any atom is -0.0985 e. The molecule has 0 aliphatic rings. The first-order valence-electron chi connectivity index (χ1n) is 2.61.